The van der Waals surface area contributed by atoms with E-state index in [2.05, 4.69) is 5.32 Å². The molecule has 122 valence electrons. The zero-order valence-corrected chi connectivity index (χ0v) is 13.4. The number of aryl methyl sites for hydroxylation is 1. The number of rotatable bonds is 5. The Hall–Kier alpha value is -2.48. The molecule has 2 rings (SSSR count). The van der Waals surface area contributed by atoms with Gasteiger partial charge < -0.3 is 5.32 Å². The first-order chi connectivity index (χ1) is 10.7. The number of halogens is 1. The molecular formula is C15H15FN2O4S. The zero-order valence-electron chi connectivity index (χ0n) is 12.5. The Morgan fingerprint density at radius 3 is 2.52 bits per heavy atom. The third-order valence-electron chi connectivity index (χ3n) is 3.29. The van der Waals surface area contributed by atoms with Crippen molar-refractivity contribution in [3.8, 4) is 0 Å². The van der Waals surface area contributed by atoms with Crippen molar-refractivity contribution in [2.24, 2.45) is 0 Å². The highest BCUT2D eigenvalue weighted by Crippen LogP contribution is 2.32. The van der Waals surface area contributed by atoms with Gasteiger partial charge in [0.15, 0.2) is 9.84 Å². The van der Waals surface area contributed by atoms with E-state index in [4.69, 9.17) is 0 Å². The van der Waals surface area contributed by atoms with Crippen LogP contribution in [-0.4, -0.2) is 19.6 Å². The molecule has 0 atom stereocenters. The normalized spacial score (nSPS) is 11.3. The monoisotopic (exact) mass is 338 g/mol. The third-order valence-corrected chi connectivity index (χ3v) is 4.41. The van der Waals surface area contributed by atoms with Crippen molar-refractivity contribution in [2.75, 3.05) is 11.6 Å². The maximum atomic E-state index is 13.2. The minimum absolute atomic E-state index is 0.0971. The minimum atomic E-state index is -3.73. The Morgan fingerprint density at radius 2 is 1.96 bits per heavy atom. The molecule has 0 heterocycles. The van der Waals surface area contributed by atoms with Gasteiger partial charge in [0.1, 0.15) is 16.4 Å². The molecule has 0 aliphatic rings. The summed E-state index contributed by atoms with van der Waals surface area (Å²) in [5, 5.41) is 14.1. The molecular weight excluding hydrogens is 323 g/mol. The molecule has 2 aromatic rings. The lowest BCUT2D eigenvalue weighted by Gasteiger charge is -2.10. The number of nitrogens with zero attached hydrogens (tertiary/aromatic N) is 1. The summed E-state index contributed by atoms with van der Waals surface area (Å²) in [4.78, 5) is 10.2. The van der Waals surface area contributed by atoms with Crippen molar-refractivity contribution < 1.29 is 17.7 Å². The number of nitro benzene ring substituents is 1. The molecule has 0 unspecified atom stereocenters. The molecule has 0 amide bonds. The smallest absolute Gasteiger partial charge is 0.310 e. The topological polar surface area (TPSA) is 89.3 Å². The predicted octanol–water partition coefficient (Wildman–Crippen LogP) is 3.06. The Morgan fingerprint density at radius 1 is 1.26 bits per heavy atom. The van der Waals surface area contributed by atoms with E-state index in [9.17, 15) is 22.9 Å². The molecule has 0 saturated carbocycles. The highest BCUT2D eigenvalue weighted by atomic mass is 32.2. The molecule has 0 fully saturated rings. The Kier molecular flexibility index (Phi) is 4.65. The van der Waals surface area contributed by atoms with E-state index in [1.54, 1.807) is 19.1 Å². The van der Waals surface area contributed by atoms with Crippen LogP contribution in [0.1, 0.15) is 11.1 Å². The van der Waals surface area contributed by atoms with Crippen LogP contribution in [-0.2, 0) is 16.4 Å². The molecule has 0 saturated heterocycles. The molecule has 6 nitrogen and oxygen atoms in total. The quantitative estimate of drug-likeness (QED) is 0.668. The summed E-state index contributed by atoms with van der Waals surface area (Å²) in [5.41, 5.74) is 0.792. The van der Waals surface area contributed by atoms with Gasteiger partial charge in [-0.25, -0.2) is 12.8 Å². The number of hydrogen-bond donors (Lipinski definition) is 1. The molecule has 8 heteroatoms. The third kappa shape index (κ3) is 3.84. The summed E-state index contributed by atoms with van der Waals surface area (Å²) < 4.78 is 36.6. The first-order valence-corrected chi connectivity index (χ1v) is 8.55. The molecule has 1 N–H and O–H groups in total. The summed E-state index contributed by atoms with van der Waals surface area (Å²) in [6, 6.07) is 8.55. The van der Waals surface area contributed by atoms with Gasteiger partial charge in [0, 0.05) is 12.8 Å². The van der Waals surface area contributed by atoms with Gasteiger partial charge in [0.25, 0.3) is 0 Å². The van der Waals surface area contributed by atoms with E-state index < -0.39 is 20.4 Å². The van der Waals surface area contributed by atoms with Crippen LogP contribution < -0.4 is 5.32 Å². The van der Waals surface area contributed by atoms with Gasteiger partial charge in [0.2, 0.25) is 0 Å². The molecule has 0 aliphatic heterocycles. The van der Waals surface area contributed by atoms with E-state index in [-0.39, 0.29) is 22.9 Å². The number of benzene rings is 2. The SMILES string of the molecule is Cc1cc(CNc2cccc(S(C)(=O)=O)c2[N+](=O)[O-])ccc1F. The van der Waals surface area contributed by atoms with Crippen LogP contribution in [0.3, 0.4) is 0 Å². The van der Waals surface area contributed by atoms with Gasteiger partial charge in [-0.1, -0.05) is 18.2 Å². The maximum Gasteiger partial charge on any atom is 0.310 e. The zero-order chi connectivity index (χ0) is 17.2. The van der Waals surface area contributed by atoms with Crippen LogP contribution in [0.15, 0.2) is 41.3 Å². The molecule has 0 bridgehead atoms. The number of nitrogens with one attached hydrogen (secondary N) is 1. The van der Waals surface area contributed by atoms with Crippen molar-refractivity contribution in [3.05, 3.63) is 63.5 Å². The average Bonchev–Trinajstić information content (AvgIpc) is 2.47. The van der Waals surface area contributed by atoms with Crippen molar-refractivity contribution in [1.82, 2.24) is 0 Å². The number of sulfone groups is 1. The van der Waals surface area contributed by atoms with E-state index in [0.29, 0.717) is 5.56 Å². The van der Waals surface area contributed by atoms with E-state index >= 15 is 0 Å². The van der Waals surface area contributed by atoms with Crippen molar-refractivity contribution in [1.29, 1.82) is 0 Å². The Balaban J connectivity index is 2.36. The first kappa shape index (κ1) is 16.9. The Labute approximate surface area is 133 Å². The van der Waals surface area contributed by atoms with Crippen LogP contribution in [0.4, 0.5) is 15.8 Å². The second-order valence-electron chi connectivity index (χ2n) is 5.12. The van der Waals surface area contributed by atoms with Crippen LogP contribution in [0.5, 0.6) is 0 Å². The molecule has 0 radical (unpaired) electrons. The van der Waals surface area contributed by atoms with Crippen LogP contribution >= 0.6 is 0 Å². The van der Waals surface area contributed by atoms with E-state index in [1.807, 2.05) is 0 Å². The fraction of sp³-hybridized carbons (Fsp3) is 0.200. The number of para-hydroxylation sites is 1. The predicted molar refractivity (Wildman–Crippen MR) is 84.7 cm³/mol. The van der Waals surface area contributed by atoms with E-state index in [0.717, 1.165) is 11.8 Å². The molecule has 0 aromatic heterocycles. The molecule has 0 aliphatic carbocycles. The largest absolute Gasteiger partial charge is 0.375 e. The lowest BCUT2D eigenvalue weighted by Crippen LogP contribution is -2.08. The molecule has 0 spiro atoms. The maximum absolute atomic E-state index is 13.2. The summed E-state index contributed by atoms with van der Waals surface area (Å²) >= 11 is 0. The number of anilines is 1. The lowest BCUT2D eigenvalue weighted by molar-refractivity contribution is -0.386. The summed E-state index contributed by atoms with van der Waals surface area (Å²) in [7, 11) is -3.73. The lowest BCUT2D eigenvalue weighted by atomic mass is 10.1. The second-order valence-corrected chi connectivity index (χ2v) is 7.10. The van der Waals surface area contributed by atoms with Gasteiger partial charge in [-0.3, -0.25) is 10.1 Å². The number of nitro groups is 1. The van der Waals surface area contributed by atoms with Crippen LogP contribution in [0.2, 0.25) is 0 Å². The summed E-state index contributed by atoms with van der Waals surface area (Å²) in [6.45, 7) is 1.82. The first-order valence-electron chi connectivity index (χ1n) is 6.66. The van der Waals surface area contributed by atoms with Crippen molar-refractivity contribution in [2.45, 2.75) is 18.4 Å². The van der Waals surface area contributed by atoms with Crippen LogP contribution in [0.25, 0.3) is 0 Å². The highest BCUT2D eigenvalue weighted by Gasteiger charge is 2.25. The minimum Gasteiger partial charge on any atom is -0.375 e. The summed E-state index contributed by atoms with van der Waals surface area (Å²) in [6.07, 6.45) is 0.919. The Bertz CT molecular complexity index is 866. The molecule has 23 heavy (non-hydrogen) atoms. The highest BCUT2D eigenvalue weighted by molar-refractivity contribution is 7.90. The van der Waals surface area contributed by atoms with Gasteiger partial charge in [-0.15, -0.1) is 0 Å². The van der Waals surface area contributed by atoms with Gasteiger partial charge in [-0.2, -0.15) is 0 Å². The summed E-state index contributed by atoms with van der Waals surface area (Å²) in [5.74, 6) is -0.334. The fourth-order valence-corrected chi connectivity index (χ4v) is 3.03. The number of hydrogen-bond acceptors (Lipinski definition) is 5. The van der Waals surface area contributed by atoms with Gasteiger partial charge in [0.05, 0.1) is 4.92 Å². The molecule has 2 aromatic carbocycles. The van der Waals surface area contributed by atoms with Gasteiger partial charge in [-0.05, 0) is 36.2 Å². The van der Waals surface area contributed by atoms with Crippen LogP contribution in [0, 0.1) is 22.9 Å². The fourth-order valence-electron chi connectivity index (χ4n) is 2.17. The van der Waals surface area contributed by atoms with Crippen molar-refractivity contribution in [3.63, 3.8) is 0 Å². The van der Waals surface area contributed by atoms with Crippen molar-refractivity contribution >= 4 is 21.2 Å². The second kappa shape index (κ2) is 6.33. The standard InChI is InChI=1S/C15H15FN2O4S/c1-10-8-11(6-7-12(10)16)9-17-13-4-3-5-14(23(2,21)22)15(13)18(19)20/h3-8,17H,9H2,1-2H3. The average molecular weight is 338 g/mol. The van der Waals surface area contributed by atoms with Gasteiger partial charge >= 0.3 is 5.69 Å². The van der Waals surface area contributed by atoms with E-state index in [1.165, 1.54) is 24.3 Å².